The number of thioether (sulfide) groups is 1. The topological polar surface area (TPSA) is 70.8 Å². The summed E-state index contributed by atoms with van der Waals surface area (Å²) in [7, 11) is 0. The smallest absolute Gasteiger partial charge is 0.326 e. The van der Waals surface area contributed by atoms with E-state index in [1.54, 1.807) is 36.4 Å². The third kappa shape index (κ3) is 4.86. The number of hydrogen-bond donors (Lipinski definition) is 1. The van der Waals surface area contributed by atoms with E-state index in [1.165, 1.54) is 4.90 Å². The van der Waals surface area contributed by atoms with E-state index in [9.17, 15) is 14.7 Å². The first kappa shape index (κ1) is 21.9. The van der Waals surface area contributed by atoms with Gasteiger partial charge >= 0.3 is 5.97 Å². The number of carboxylic acid groups (broad SMARTS) is 1. The van der Waals surface area contributed by atoms with Crippen LogP contribution in [0, 0.1) is 0 Å². The summed E-state index contributed by atoms with van der Waals surface area (Å²) in [4.78, 5) is 26.0. The fraction of sp³-hybridized carbons (Fsp3) is 0.250. The van der Waals surface area contributed by atoms with E-state index in [2.05, 4.69) is 0 Å². The molecule has 0 bridgehead atoms. The second-order valence-corrected chi connectivity index (χ2v) is 8.89. The fourth-order valence-electron chi connectivity index (χ4n) is 2.90. The molecule has 1 aromatic carbocycles. The van der Waals surface area contributed by atoms with Gasteiger partial charge in [0, 0.05) is 16.7 Å². The SMILES string of the molecule is CCCCC(C(=O)O)N1C(=O)/C(=C\c2ccc(-c3cc(Cl)ccc3Cl)o2)SC1=S. The van der Waals surface area contributed by atoms with Crippen LogP contribution in [-0.4, -0.2) is 32.2 Å². The van der Waals surface area contributed by atoms with Gasteiger partial charge in [-0.2, -0.15) is 0 Å². The minimum atomic E-state index is -1.06. The van der Waals surface area contributed by atoms with Gasteiger partial charge in [-0.05, 0) is 36.8 Å². The summed E-state index contributed by atoms with van der Waals surface area (Å²) in [5, 5.41) is 10.5. The molecule has 1 atom stereocenters. The van der Waals surface area contributed by atoms with Crippen molar-refractivity contribution in [2.45, 2.75) is 32.2 Å². The Morgan fingerprint density at radius 3 is 2.79 bits per heavy atom. The Bertz CT molecular complexity index is 1000. The average Bonchev–Trinajstić information content (AvgIpc) is 3.23. The van der Waals surface area contributed by atoms with Crippen molar-refractivity contribution in [3.63, 3.8) is 0 Å². The third-order valence-electron chi connectivity index (χ3n) is 4.35. The van der Waals surface area contributed by atoms with Gasteiger partial charge in [-0.1, -0.05) is 66.9 Å². The maximum atomic E-state index is 12.8. The first-order valence-electron chi connectivity index (χ1n) is 8.87. The van der Waals surface area contributed by atoms with Crippen molar-refractivity contribution in [3.8, 4) is 11.3 Å². The summed E-state index contributed by atoms with van der Waals surface area (Å²) in [6, 6.07) is 7.51. The van der Waals surface area contributed by atoms with Gasteiger partial charge in [-0.25, -0.2) is 4.79 Å². The molecule has 1 fully saturated rings. The van der Waals surface area contributed by atoms with Crippen LogP contribution in [0.5, 0.6) is 0 Å². The van der Waals surface area contributed by atoms with Gasteiger partial charge in [0.05, 0.1) is 9.93 Å². The van der Waals surface area contributed by atoms with Gasteiger partial charge in [0.2, 0.25) is 0 Å². The maximum absolute atomic E-state index is 12.8. The number of carbonyl (C=O) groups is 2. The quantitative estimate of drug-likeness (QED) is 0.390. The first-order valence-corrected chi connectivity index (χ1v) is 10.8. The summed E-state index contributed by atoms with van der Waals surface area (Å²) in [5.74, 6) is -0.559. The molecule has 5 nitrogen and oxygen atoms in total. The molecule has 0 aliphatic carbocycles. The van der Waals surface area contributed by atoms with Crippen molar-refractivity contribution >= 4 is 69.5 Å². The van der Waals surface area contributed by atoms with Crippen LogP contribution in [0.1, 0.15) is 31.9 Å². The number of carbonyl (C=O) groups excluding carboxylic acids is 1. The summed E-state index contributed by atoms with van der Waals surface area (Å²) >= 11 is 18.6. The summed E-state index contributed by atoms with van der Waals surface area (Å²) in [5.41, 5.74) is 0.636. The minimum absolute atomic E-state index is 0.231. The predicted molar refractivity (Wildman–Crippen MR) is 120 cm³/mol. The lowest BCUT2D eigenvalue weighted by atomic mass is 10.1. The highest BCUT2D eigenvalue weighted by atomic mass is 35.5. The van der Waals surface area contributed by atoms with E-state index in [1.807, 2.05) is 6.92 Å². The van der Waals surface area contributed by atoms with Crippen LogP contribution in [0.3, 0.4) is 0 Å². The van der Waals surface area contributed by atoms with Crippen molar-refractivity contribution in [2.75, 3.05) is 0 Å². The molecule has 2 heterocycles. The van der Waals surface area contributed by atoms with Gasteiger partial charge in [-0.3, -0.25) is 9.69 Å². The fourth-order valence-corrected chi connectivity index (χ4v) is 4.62. The van der Waals surface area contributed by atoms with Crippen molar-refractivity contribution < 1.29 is 19.1 Å². The Morgan fingerprint density at radius 2 is 2.10 bits per heavy atom. The number of nitrogens with zero attached hydrogens (tertiary/aromatic N) is 1. The lowest BCUT2D eigenvalue weighted by Gasteiger charge is -2.22. The van der Waals surface area contributed by atoms with E-state index in [4.69, 9.17) is 39.8 Å². The highest BCUT2D eigenvalue weighted by Crippen LogP contribution is 2.37. The van der Waals surface area contributed by atoms with Crippen LogP contribution in [0.25, 0.3) is 17.4 Å². The Balaban J connectivity index is 1.85. The van der Waals surface area contributed by atoms with E-state index in [-0.39, 0.29) is 4.32 Å². The van der Waals surface area contributed by atoms with Crippen molar-refractivity contribution in [2.24, 2.45) is 0 Å². The monoisotopic (exact) mass is 469 g/mol. The van der Waals surface area contributed by atoms with E-state index >= 15 is 0 Å². The number of rotatable bonds is 7. The zero-order chi connectivity index (χ0) is 21.1. The number of furan rings is 1. The number of unbranched alkanes of at least 4 members (excludes halogenated alkanes) is 1. The Hall–Kier alpha value is -1.80. The largest absolute Gasteiger partial charge is 0.480 e. The summed E-state index contributed by atoms with van der Waals surface area (Å²) < 4.78 is 6.03. The zero-order valence-electron chi connectivity index (χ0n) is 15.4. The third-order valence-corrected chi connectivity index (χ3v) is 6.24. The van der Waals surface area contributed by atoms with Gasteiger partial charge in [0.25, 0.3) is 5.91 Å². The highest BCUT2D eigenvalue weighted by molar-refractivity contribution is 8.26. The van der Waals surface area contributed by atoms with Crippen molar-refractivity contribution in [3.05, 3.63) is 51.0 Å². The Kier molecular flexibility index (Phi) is 7.05. The minimum Gasteiger partial charge on any atom is -0.480 e. The molecule has 1 aliphatic heterocycles. The molecule has 0 saturated carbocycles. The van der Waals surface area contributed by atoms with Crippen LogP contribution >= 0.6 is 47.2 Å². The van der Waals surface area contributed by atoms with Crippen LogP contribution in [0.2, 0.25) is 10.0 Å². The number of benzene rings is 1. The molecular formula is C20H17Cl2NO4S2. The van der Waals surface area contributed by atoms with Crippen LogP contribution in [0.15, 0.2) is 39.7 Å². The van der Waals surface area contributed by atoms with E-state index in [0.717, 1.165) is 18.2 Å². The van der Waals surface area contributed by atoms with Crippen LogP contribution < -0.4 is 0 Å². The molecule has 1 aliphatic rings. The number of amides is 1. The van der Waals surface area contributed by atoms with Crippen molar-refractivity contribution in [1.82, 2.24) is 4.90 Å². The molecule has 0 spiro atoms. The highest BCUT2D eigenvalue weighted by Gasteiger charge is 2.40. The molecule has 1 unspecified atom stereocenters. The second-order valence-electron chi connectivity index (χ2n) is 6.37. The van der Waals surface area contributed by atoms with Gasteiger partial charge in [-0.15, -0.1) is 0 Å². The lowest BCUT2D eigenvalue weighted by molar-refractivity contribution is -0.145. The molecule has 2 aromatic rings. The summed E-state index contributed by atoms with van der Waals surface area (Å²) in [6.45, 7) is 1.96. The van der Waals surface area contributed by atoms with Gasteiger partial charge < -0.3 is 9.52 Å². The molecule has 1 aromatic heterocycles. The molecule has 29 heavy (non-hydrogen) atoms. The zero-order valence-corrected chi connectivity index (χ0v) is 18.5. The second kappa shape index (κ2) is 9.34. The standard InChI is InChI=1S/C20H17Cl2NO4S2/c1-2-3-4-15(19(25)26)23-18(24)17(29-20(23)28)10-12-6-8-16(27-12)13-9-11(21)5-7-14(13)22/h5-10,15H,2-4H2,1H3,(H,25,26)/b17-10+. The van der Waals surface area contributed by atoms with Gasteiger partial charge in [0.15, 0.2) is 0 Å². The van der Waals surface area contributed by atoms with E-state index in [0.29, 0.717) is 44.9 Å². The predicted octanol–water partition coefficient (Wildman–Crippen LogP) is 6.10. The van der Waals surface area contributed by atoms with E-state index < -0.39 is 17.9 Å². The number of thiocarbonyl (C=S) groups is 1. The average molecular weight is 470 g/mol. The number of hydrogen-bond acceptors (Lipinski definition) is 5. The van der Waals surface area contributed by atoms with Crippen LogP contribution in [0.4, 0.5) is 0 Å². The molecular weight excluding hydrogens is 453 g/mol. The number of carboxylic acids is 1. The Labute approximate surface area is 187 Å². The van der Waals surface area contributed by atoms with Gasteiger partial charge in [0.1, 0.15) is 21.9 Å². The molecule has 1 N–H and O–H groups in total. The summed E-state index contributed by atoms with van der Waals surface area (Å²) in [6.07, 6.45) is 3.42. The lowest BCUT2D eigenvalue weighted by Crippen LogP contribution is -2.43. The molecule has 1 amide bonds. The number of aliphatic carboxylic acids is 1. The molecule has 0 radical (unpaired) electrons. The molecule has 9 heteroatoms. The Morgan fingerprint density at radius 1 is 1.34 bits per heavy atom. The number of halogens is 2. The molecule has 3 rings (SSSR count). The first-order chi connectivity index (χ1) is 13.8. The van der Waals surface area contributed by atoms with Crippen molar-refractivity contribution in [1.29, 1.82) is 0 Å². The van der Waals surface area contributed by atoms with Crippen LogP contribution in [-0.2, 0) is 9.59 Å². The normalized spacial score (nSPS) is 16.7. The molecule has 152 valence electrons. The molecule has 1 saturated heterocycles. The maximum Gasteiger partial charge on any atom is 0.326 e.